The second-order valence-electron chi connectivity index (χ2n) is 7.69. The molecule has 0 radical (unpaired) electrons. The maximum atomic E-state index is 12.5. The average molecular weight is 346 g/mol. The van der Waals surface area contributed by atoms with E-state index in [0.717, 1.165) is 44.3 Å². The quantitative estimate of drug-likeness (QED) is 0.861. The Morgan fingerprint density at radius 1 is 1.32 bits per heavy atom. The summed E-state index contributed by atoms with van der Waals surface area (Å²) in [7, 11) is 1.83. The maximum Gasteiger partial charge on any atom is 0.317 e. The van der Waals surface area contributed by atoms with Gasteiger partial charge in [-0.2, -0.15) is 0 Å². The number of nitrogens with one attached hydrogen (secondary N) is 1. The Balaban J connectivity index is 1.54. The number of urea groups is 1. The van der Waals surface area contributed by atoms with E-state index in [9.17, 15) is 9.90 Å². The van der Waals surface area contributed by atoms with E-state index in [4.69, 9.17) is 4.74 Å². The number of carbonyl (C=O) groups excluding carboxylic acids is 1. The molecule has 1 aromatic carbocycles. The first-order valence-electron chi connectivity index (χ1n) is 9.44. The van der Waals surface area contributed by atoms with E-state index in [1.54, 1.807) is 4.90 Å². The Hall–Kier alpha value is -1.75. The van der Waals surface area contributed by atoms with Gasteiger partial charge in [-0.15, -0.1) is 0 Å². The van der Waals surface area contributed by atoms with E-state index >= 15 is 0 Å². The SMILES string of the molecule is Cc1cccc(OC2CCCCC2NC(=O)N(C)CC2CC(O)C2)c1. The lowest BCUT2D eigenvalue weighted by Crippen LogP contribution is -2.52. The summed E-state index contributed by atoms with van der Waals surface area (Å²) in [5, 5.41) is 12.6. The third-order valence-electron chi connectivity index (χ3n) is 5.38. The van der Waals surface area contributed by atoms with E-state index in [-0.39, 0.29) is 24.3 Å². The molecule has 0 spiro atoms. The first-order valence-corrected chi connectivity index (χ1v) is 9.44. The van der Waals surface area contributed by atoms with E-state index in [2.05, 4.69) is 18.3 Å². The number of ether oxygens (including phenoxy) is 1. The number of carbonyl (C=O) groups is 1. The molecule has 3 rings (SSSR count). The summed E-state index contributed by atoms with van der Waals surface area (Å²) in [4.78, 5) is 14.3. The van der Waals surface area contributed by atoms with Gasteiger partial charge in [-0.05, 0) is 62.6 Å². The van der Waals surface area contributed by atoms with Gasteiger partial charge in [-0.3, -0.25) is 0 Å². The molecule has 1 aromatic rings. The zero-order valence-electron chi connectivity index (χ0n) is 15.3. The molecule has 2 aliphatic carbocycles. The normalized spacial score (nSPS) is 28.8. The van der Waals surface area contributed by atoms with Crippen LogP contribution in [0.3, 0.4) is 0 Å². The summed E-state index contributed by atoms with van der Waals surface area (Å²) < 4.78 is 6.19. The standard InChI is InChI=1S/C20H30N2O3/c1-14-6-5-7-17(10-14)25-19-9-4-3-8-18(19)21-20(24)22(2)13-15-11-16(23)12-15/h5-7,10,15-16,18-19,23H,3-4,8-9,11-13H2,1-2H3,(H,21,24). The molecule has 25 heavy (non-hydrogen) atoms. The summed E-state index contributed by atoms with van der Waals surface area (Å²) in [6, 6.07) is 8.10. The molecule has 0 aliphatic heterocycles. The minimum Gasteiger partial charge on any atom is -0.488 e. The molecule has 138 valence electrons. The Bertz CT molecular complexity index is 586. The molecule has 0 aromatic heterocycles. The fraction of sp³-hybridized carbons (Fsp3) is 0.650. The molecule has 5 heteroatoms. The molecule has 2 N–H and O–H groups in total. The monoisotopic (exact) mass is 346 g/mol. The topological polar surface area (TPSA) is 61.8 Å². The highest BCUT2D eigenvalue weighted by Gasteiger charge is 2.32. The molecule has 5 nitrogen and oxygen atoms in total. The fourth-order valence-electron chi connectivity index (χ4n) is 3.86. The van der Waals surface area contributed by atoms with Crippen LogP contribution in [0, 0.1) is 12.8 Å². The van der Waals surface area contributed by atoms with Crippen molar-refractivity contribution in [2.45, 2.75) is 63.7 Å². The predicted octanol–water partition coefficient (Wildman–Crippen LogP) is 3.10. The van der Waals surface area contributed by atoms with Gasteiger partial charge in [0, 0.05) is 13.6 Å². The number of aliphatic hydroxyl groups is 1. The zero-order chi connectivity index (χ0) is 17.8. The van der Waals surface area contributed by atoms with Crippen LogP contribution in [0.25, 0.3) is 0 Å². The van der Waals surface area contributed by atoms with Crippen LogP contribution in [0.4, 0.5) is 4.79 Å². The van der Waals surface area contributed by atoms with Gasteiger partial charge in [0.1, 0.15) is 11.9 Å². The summed E-state index contributed by atoms with van der Waals surface area (Å²) >= 11 is 0. The smallest absolute Gasteiger partial charge is 0.317 e. The lowest BCUT2D eigenvalue weighted by Gasteiger charge is -2.36. The van der Waals surface area contributed by atoms with E-state index in [1.165, 1.54) is 5.56 Å². The van der Waals surface area contributed by atoms with Crippen LogP contribution in [0.1, 0.15) is 44.1 Å². The van der Waals surface area contributed by atoms with Crippen molar-refractivity contribution < 1.29 is 14.6 Å². The Labute approximate surface area is 150 Å². The molecule has 2 aliphatic rings. The van der Waals surface area contributed by atoms with Gasteiger partial charge in [0.05, 0.1) is 12.1 Å². The van der Waals surface area contributed by atoms with Crippen molar-refractivity contribution in [1.29, 1.82) is 0 Å². The molecular weight excluding hydrogens is 316 g/mol. The van der Waals surface area contributed by atoms with Gasteiger partial charge in [0.25, 0.3) is 0 Å². The molecule has 0 saturated heterocycles. The van der Waals surface area contributed by atoms with Crippen LogP contribution in [0.5, 0.6) is 5.75 Å². The van der Waals surface area contributed by atoms with Gasteiger partial charge in [-0.1, -0.05) is 18.6 Å². The predicted molar refractivity (Wildman–Crippen MR) is 97.7 cm³/mol. The highest BCUT2D eigenvalue weighted by Crippen LogP contribution is 2.28. The van der Waals surface area contributed by atoms with E-state index in [0.29, 0.717) is 12.5 Å². The molecule has 2 fully saturated rings. The Morgan fingerprint density at radius 2 is 2.08 bits per heavy atom. The zero-order valence-corrected chi connectivity index (χ0v) is 15.3. The molecular formula is C20H30N2O3. The molecule has 0 heterocycles. The van der Waals surface area contributed by atoms with Crippen molar-refractivity contribution >= 4 is 6.03 Å². The van der Waals surface area contributed by atoms with Crippen molar-refractivity contribution in [3.05, 3.63) is 29.8 Å². The van der Waals surface area contributed by atoms with Crippen molar-refractivity contribution in [2.24, 2.45) is 5.92 Å². The summed E-state index contributed by atoms with van der Waals surface area (Å²) in [5.41, 5.74) is 1.18. The third kappa shape index (κ3) is 4.88. The lowest BCUT2D eigenvalue weighted by atomic mass is 9.82. The minimum absolute atomic E-state index is 0.0263. The van der Waals surface area contributed by atoms with Crippen molar-refractivity contribution in [3.8, 4) is 5.75 Å². The number of aryl methyl sites for hydroxylation is 1. The summed E-state index contributed by atoms with van der Waals surface area (Å²) in [5.74, 6) is 1.31. The molecule has 2 amide bonds. The van der Waals surface area contributed by atoms with Crippen molar-refractivity contribution in [2.75, 3.05) is 13.6 Å². The minimum atomic E-state index is -0.174. The summed E-state index contributed by atoms with van der Waals surface area (Å²) in [6.45, 7) is 2.76. The van der Waals surface area contributed by atoms with Crippen LogP contribution in [0.15, 0.2) is 24.3 Å². The van der Waals surface area contributed by atoms with E-state index < -0.39 is 0 Å². The van der Waals surface area contributed by atoms with Gasteiger partial charge >= 0.3 is 6.03 Å². The number of benzene rings is 1. The number of rotatable bonds is 5. The van der Waals surface area contributed by atoms with Gasteiger partial charge in [0.15, 0.2) is 0 Å². The summed E-state index contributed by atoms with van der Waals surface area (Å²) in [6.07, 6.45) is 5.65. The Kier molecular flexibility index (Phi) is 5.84. The highest BCUT2D eigenvalue weighted by molar-refractivity contribution is 5.74. The van der Waals surface area contributed by atoms with Gasteiger partial charge < -0.3 is 20.1 Å². The van der Waals surface area contributed by atoms with Crippen molar-refractivity contribution in [1.82, 2.24) is 10.2 Å². The van der Waals surface area contributed by atoms with Gasteiger partial charge in [-0.25, -0.2) is 4.79 Å². The number of amides is 2. The maximum absolute atomic E-state index is 12.5. The average Bonchev–Trinajstić information content (AvgIpc) is 2.55. The molecule has 2 atom stereocenters. The second kappa shape index (κ2) is 8.09. The fourth-order valence-corrected chi connectivity index (χ4v) is 3.86. The largest absolute Gasteiger partial charge is 0.488 e. The van der Waals surface area contributed by atoms with Crippen LogP contribution >= 0.6 is 0 Å². The van der Waals surface area contributed by atoms with Crippen LogP contribution in [0.2, 0.25) is 0 Å². The number of hydrogen-bond acceptors (Lipinski definition) is 3. The number of hydrogen-bond donors (Lipinski definition) is 2. The highest BCUT2D eigenvalue weighted by atomic mass is 16.5. The second-order valence-corrected chi connectivity index (χ2v) is 7.69. The molecule has 0 bridgehead atoms. The van der Waals surface area contributed by atoms with E-state index in [1.807, 2.05) is 25.2 Å². The first-order chi connectivity index (χ1) is 12.0. The molecule has 2 unspecified atom stereocenters. The van der Waals surface area contributed by atoms with Crippen LogP contribution in [-0.2, 0) is 0 Å². The first kappa shape index (κ1) is 18.1. The Morgan fingerprint density at radius 3 is 2.80 bits per heavy atom. The lowest BCUT2D eigenvalue weighted by molar-refractivity contribution is 0.0317. The molecule has 2 saturated carbocycles. The third-order valence-corrected chi connectivity index (χ3v) is 5.38. The van der Waals surface area contributed by atoms with Crippen LogP contribution < -0.4 is 10.1 Å². The number of aliphatic hydroxyl groups excluding tert-OH is 1. The van der Waals surface area contributed by atoms with Gasteiger partial charge in [0.2, 0.25) is 0 Å². The van der Waals surface area contributed by atoms with Crippen molar-refractivity contribution in [3.63, 3.8) is 0 Å². The van der Waals surface area contributed by atoms with Crippen LogP contribution in [-0.4, -0.2) is 47.9 Å². The number of nitrogens with zero attached hydrogens (tertiary/aromatic N) is 1.